The minimum Gasteiger partial charge on any atom is -0.354 e. The molecular weight excluding hydrogens is 306 g/mol. The predicted molar refractivity (Wildman–Crippen MR) is 84.2 cm³/mol. The Labute approximate surface area is 131 Å². The quantitative estimate of drug-likeness (QED) is 0.935. The second kappa shape index (κ2) is 6.07. The highest BCUT2D eigenvalue weighted by Crippen LogP contribution is 2.20. The van der Waals surface area contributed by atoms with Crippen molar-refractivity contribution in [3.05, 3.63) is 21.8 Å². The molecule has 0 radical (unpaired) electrons. The number of piperidine rings is 1. The van der Waals surface area contributed by atoms with Gasteiger partial charge in [-0.1, -0.05) is 0 Å². The first-order valence-corrected chi connectivity index (χ1v) is 8.45. The Morgan fingerprint density at radius 1 is 1.38 bits per heavy atom. The van der Waals surface area contributed by atoms with Crippen molar-refractivity contribution in [2.75, 3.05) is 18.0 Å². The van der Waals surface area contributed by atoms with Crippen molar-refractivity contribution in [1.29, 1.82) is 0 Å². The summed E-state index contributed by atoms with van der Waals surface area (Å²) in [4.78, 5) is 19.5. The molecule has 1 fully saturated rings. The molecule has 1 amide bonds. The Morgan fingerprint density at radius 3 is 2.71 bits per heavy atom. The van der Waals surface area contributed by atoms with Gasteiger partial charge in [-0.2, -0.15) is 8.75 Å². The molecule has 3 rings (SSSR count). The highest BCUT2D eigenvalue weighted by molar-refractivity contribution is 7.13. The molecule has 3 heterocycles. The van der Waals surface area contributed by atoms with Gasteiger partial charge in [0.05, 0.1) is 28.6 Å². The standard InChI is InChI=1S/C13H17N5OS2/c1-8-12(20-9(2)15-8)13(19)16-10-3-5-18(6-4-10)11-7-14-21-17-11/h7,10H,3-6H2,1-2H3,(H,16,19). The lowest BCUT2D eigenvalue weighted by Crippen LogP contribution is -2.44. The number of nitrogens with one attached hydrogen (secondary N) is 1. The van der Waals surface area contributed by atoms with Crippen molar-refractivity contribution in [3.63, 3.8) is 0 Å². The van der Waals surface area contributed by atoms with E-state index in [4.69, 9.17) is 0 Å². The molecule has 0 aliphatic carbocycles. The van der Waals surface area contributed by atoms with E-state index >= 15 is 0 Å². The summed E-state index contributed by atoms with van der Waals surface area (Å²) in [6.07, 6.45) is 3.66. The zero-order chi connectivity index (χ0) is 14.8. The molecule has 112 valence electrons. The minimum absolute atomic E-state index is 0.00637. The van der Waals surface area contributed by atoms with Crippen LogP contribution in [0.5, 0.6) is 0 Å². The van der Waals surface area contributed by atoms with Gasteiger partial charge in [0, 0.05) is 19.1 Å². The van der Waals surface area contributed by atoms with Gasteiger partial charge in [0.25, 0.3) is 5.91 Å². The number of rotatable bonds is 3. The molecule has 0 bridgehead atoms. The Hall–Kier alpha value is -1.54. The third-order valence-electron chi connectivity index (χ3n) is 3.61. The lowest BCUT2D eigenvalue weighted by molar-refractivity contribution is 0.0934. The zero-order valence-corrected chi connectivity index (χ0v) is 13.6. The summed E-state index contributed by atoms with van der Waals surface area (Å²) in [6.45, 7) is 5.61. The maximum atomic E-state index is 12.3. The van der Waals surface area contributed by atoms with Crippen LogP contribution in [0.25, 0.3) is 0 Å². The van der Waals surface area contributed by atoms with E-state index in [2.05, 4.69) is 23.9 Å². The maximum absolute atomic E-state index is 12.3. The zero-order valence-electron chi connectivity index (χ0n) is 12.0. The average Bonchev–Trinajstić information content (AvgIpc) is 3.09. The van der Waals surface area contributed by atoms with Gasteiger partial charge in [-0.25, -0.2) is 4.98 Å². The lowest BCUT2D eigenvalue weighted by atomic mass is 10.1. The monoisotopic (exact) mass is 323 g/mol. The number of carbonyl (C=O) groups excluding carboxylic acids is 1. The summed E-state index contributed by atoms with van der Waals surface area (Å²) >= 11 is 2.69. The Bertz CT molecular complexity index is 617. The van der Waals surface area contributed by atoms with E-state index < -0.39 is 0 Å². The summed E-state index contributed by atoms with van der Waals surface area (Å²) in [5, 5.41) is 4.06. The Kier molecular flexibility index (Phi) is 4.16. The second-order valence-corrected chi connectivity index (χ2v) is 6.91. The number of hydrogen-bond donors (Lipinski definition) is 1. The molecule has 0 unspecified atom stereocenters. The molecular formula is C13H17N5OS2. The number of aromatic nitrogens is 3. The maximum Gasteiger partial charge on any atom is 0.263 e. The summed E-state index contributed by atoms with van der Waals surface area (Å²) < 4.78 is 8.28. The Balaban J connectivity index is 1.56. The number of thiazole rings is 1. The highest BCUT2D eigenvalue weighted by atomic mass is 32.1. The summed E-state index contributed by atoms with van der Waals surface area (Å²) in [5.74, 6) is 0.950. The van der Waals surface area contributed by atoms with Gasteiger partial charge in [0.2, 0.25) is 0 Å². The SMILES string of the molecule is Cc1nc(C)c(C(=O)NC2CCN(c3cnsn3)CC2)s1. The number of carbonyl (C=O) groups is 1. The second-order valence-electron chi connectivity index (χ2n) is 5.15. The van der Waals surface area contributed by atoms with Crippen molar-refractivity contribution < 1.29 is 4.79 Å². The molecule has 8 heteroatoms. The molecule has 1 aliphatic heterocycles. The third-order valence-corrected chi connectivity index (χ3v) is 5.15. The molecule has 0 spiro atoms. The lowest BCUT2D eigenvalue weighted by Gasteiger charge is -2.32. The van der Waals surface area contributed by atoms with Crippen molar-refractivity contribution >= 4 is 34.8 Å². The van der Waals surface area contributed by atoms with E-state index in [9.17, 15) is 4.79 Å². The highest BCUT2D eigenvalue weighted by Gasteiger charge is 2.23. The van der Waals surface area contributed by atoms with Crippen LogP contribution >= 0.6 is 23.1 Å². The van der Waals surface area contributed by atoms with E-state index in [1.54, 1.807) is 6.20 Å². The van der Waals surface area contributed by atoms with Gasteiger partial charge in [0.15, 0.2) is 5.82 Å². The Morgan fingerprint density at radius 2 is 2.14 bits per heavy atom. The van der Waals surface area contributed by atoms with Crippen molar-refractivity contribution in [2.45, 2.75) is 32.7 Å². The van der Waals surface area contributed by atoms with E-state index in [1.165, 1.54) is 23.1 Å². The largest absolute Gasteiger partial charge is 0.354 e. The summed E-state index contributed by atoms with van der Waals surface area (Å²) in [6, 6.07) is 0.224. The van der Waals surface area contributed by atoms with Gasteiger partial charge in [-0.3, -0.25) is 4.79 Å². The van der Waals surface area contributed by atoms with Crippen LogP contribution in [0.1, 0.15) is 33.2 Å². The van der Waals surface area contributed by atoms with Crippen LogP contribution in [-0.4, -0.2) is 38.8 Å². The van der Waals surface area contributed by atoms with Crippen molar-refractivity contribution in [3.8, 4) is 0 Å². The van der Waals surface area contributed by atoms with Crippen LogP contribution in [0.2, 0.25) is 0 Å². The molecule has 2 aromatic rings. The fourth-order valence-corrected chi connectivity index (χ4v) is 3.80. The van der Waals surface area contributed by atoms with Crippen LogP contribution < -0.4 is 10.2 Å². The fourth-order valence-electron chi connectivity index (χ4n) is 2.54. The molecule has 0 atom stereocenters. The smallest absolute Gasteiger partial charge is 0.263 e. The van der Waals surface area contributed by atoms with E-state index in [0.717, 1.165) is 47.3 Å². The molecule has 21 heavy (non-hydrogen) atoms. The molecule has 0 saturated carbocycles. The van der Waals surface area contributed by atoms with E-state index in [0.29, 0.717) is 0 Å². The molecule has 0 aromatic carbocycles. The first-order chi connectivity index (χ1) is 10.1. The molecule has 1 aliphatic rings. The topological polar surface area (TPSA) is 71.0 Å². The predicted octanol–water partition coefficient (Wildman–Crippen LogP) is 2.01. The van der Waals surface area contributed by atoms with Crippen LogP contribution in [0.15, 0.2) is 6.20 Å². The van der Waals surface area contributed by atoms with Crippen LogP contribution in [0.3, 0.4) is 0 Å². The van der Waals surface area contributed by atoms with Crippen molar-refractivity contribution in [2.24, 2.45) is 0 Å². The molecule has 2 aromatic heterocycles. The minimum atomic E-state index is 0.00637. The van der Waals surface area contributed by atoms with Gasteiger partial charge < -0.3 is 10.2 Å². The van der Waals surface area contributed by atoms with Crippen molar-refractivity contribution in [1.82, 2.24) is 19.0 Å². The summed E-state index contributed by atoms with van der Waals surface area (Å²) in [7, 11) is 0. The van der Waals surface area contributed by atoms with Gasteiger partial charge >= 0.3 is 0 Å². The van der Waals surface area contributed by atoms with Gasteiger partial charge in [-0.15, -0.1) is 11.3 Å². The number of nitrogens with zero attached hydrogens (tertiary/aromatic N) is 4. The van der Waals surface area contributed by atoms with Crippen LogP contribution in [0, 0.1) is 13.8 Å². The number of anilines is 1. The van der Waals surface area contributed by atoms with Crippen LogP contribution in [-0.2, 0) is 0 Å². The first kappa shape index (κ1) is 14.4. The fraction of sp³-hybridized carbons (Fsp3) is 0.538. The number of amides is 1. The summed E-state index contributed by atoms with van der Waals surface area (Å²) in [5.41, 5.74) is 0.820. The first-order valence-electron chi connectivity index (χ1n) is 6.91. The van der Waals surface area contributed by atoms with Gasteiger partial charge in [0.1, 0.15) is 4.88 Å². The molecule has 1 saturated heterocycles. The normalized spacial score (nSPS) is 16.2. The van der Waals surface area contributed by atoms with E-state index in [1.807, 2.05) is 13.8 Å². The number of aryl methyl sites for hydroxylation is 2. The molecule has 1 N–H and O–H groups in total. The van der Waals surface area contributed by atoms with Gasteiger partial charge in [-0.05, 0) is 26.7 Å². The van der Waals surface area contributed by atoms with Crippen LogP contribution in [0.4, 0.5) is 5.82 Å². The number of hydrogen-bond acceptors (Lipinski definition) is 7. The third kappa shape index (κ3) is 3.21. The molecule has 6 nitrogen and oxygen atoms in total. The average molecular weight is 323 g/mol. The van der Waals surface area contributed by atoms with E-state index in [-0.39, 0.29) is 11.9 Å².